The Bertz CT molecular complexity index is 1350. The zero-order valence-electron chi connectivity index (χ0n) is 20.9. The smallest absolute Gasteiger partial charge is 0.326 e. The van der Waals surface area contributed by atoms with Crippen LogP contribution in [0.15, 0.2) is 62.1 Å². The maximum Gasteiger partial charge on any atom is 0.326 e. The number of carboxylic acid groups (broad SMARTS) is 1. The lowest BCUT2D eigenvalue weighted by atomic mass is 9.91. The summed E-state index contributed by atoms with van der Waals surface area (Å²) in [5.41, 5.74) is 10.8. The summed E-state index contributed by atoms with van der Waals surface area (Å²) in [6.07, 6.45) is 1.33. The fourth-order valence-electron chi connectivity index (χ4n) is 4.51. The molecule has 6 N–H and O–H groups in total. The Morgan fingerprint density at radius 3 is 2.68 bits per heavy atom. The van der Waals surface area contributed by atoms with Crippen LogP contribution in [0.4, 0.5) is 0 Å². The molecule has 2 heterocycles. The second-order valence-electron chi connectivity index (χ2n) is 9.40. The summed E-state index contributed by atoms with van der Waals surface area (Å²) in [6.45, 7) is 2.36. The Labute approximate surface area is 225 Å². The summed E-state index contributed by atoms with van der Waals surface area (Å²) in [4.78, 5) is 32.1. The molecule has 2 aliphatic rings. The Hall–Kier alpha value is -3.29. The minimum absolute atomic E-state index is 0.0317. The number of carbonyl (C=O) groups is 2. The molecule has 0 aromatic heterocycles. The molecule has 0 radical (unpaired) electrons. The van der Waals surface area contributed by atoms with Crippen molar-refractivity contribution in [1.29, 1.82) is 0 Å². The van der Waals surface area contributed by atoms with Gasteiger partial charge in [-0.25, -0.2) is 13.2 Å². The van der Waals surface area contributed by atoms with E-state index in [0.717, 1.165) is 4.90 Å². The molecule has 3 atom stereocenters. The molecular weight excluding hydrogens is 530 g/mol. The van der Waals surface area contributed by atoms with Gasteiger partial charge in [-0.15, -0.1) is 0 Å². The molecule has 1 amide bonds. The number of piperidine rings is 1. The highest BCUT2D eigenvalue weighted by Crippen LogP contribution is 2.47. The standard InChI is InChI=1S/C25H31N5O6S2/c1-15-10-12-30(18(13-15)24(32)33)23(31)17(5-4-11-28-25(26)27)29-38(34,35)16-8-9-20-22(14-16)37-21-7-3-2-6-19(21)36-20/h2-3,6-9,14-15,17-18,29H,4-5,10-13H2,1H3,(H,32,33)(H4,26,27,28)/t15?,17-,18?/m0/s1. The van der Waals surface area contributed by atoms with Crippen molar-refractivity contribution in [2.45, 2.75) is 59.4 Å². The molecule has 2 aliphatic heterocycles. The van der Waals surface area contributed by atoms with Crippen LogP contribution in [0.25, 0.3) is 0 Å². The zero-order valence-corrected chi connectivity index (χ0v) is 22.5. The number of hydrogen-bond acceptors (Lipinski definition) is 7. The van der Waals surface area contributed by atoms with Gasteiger partial charge in [0.05, 0.1) is 14.7 Å². The number of aliphatic imine (C=N–C) groups is 1. The summed E-state index contributed by atoms with van der Waals surface area (Å²) in [5.74, 6) is -0.448. The first-order valence-corrected chi connectivity index (χ1v) is 14.5. The molecule has 11 nitrogen and oxygen atoms in total. The van der Waals surface area contributed by atoms with Crippen molar-refractivity contribution in [3.8, 4) is 11.5 Å². The van der Waals surface area contributed by atoms with Crippen molar-refractivity contribution < 1.29 is 27.9 Å². The SMILES string of the molecule is CC1CCN(C(=O)[C@H](CCCN=C(N)N)NS(=O)(=O)c2ccc3c(c2)Sc2ccccc2O3)C(C(=O)O)C1. The number of aliphatic carboxylic acids is 1. The number of fused-ring (bicyclic) bond motifs is 2. The van der Waals surface area contributed by atoms with Crippen LogP contribution in [0.3, 0.4) is 0 Å². The first-order valence-electron chi connectivity index (χ1n) is 12.2. The minimum atomic E-state index is -4.16. The molecule has 2 unspecified atom stereocenters. The molecule has 2 aromatic carbocycles. The number of hydrogen-bond donors (Lipinski definition) is 4. The second kappa shape index (κ2) is 11.6. The first kappa shape index (κ1) is 27.7. The average Bonchev–Trinajstić information content (AvgIpc) is 2.88. The Balaban J connectivity index is 1.57. The number of ether oxygens (including phenoxy) is 1. The van der Waals surface area contributed by atoms with Crippen LogP contribution in [-0.4, -0.2) is 61.4 Å². The van der Waals surface area contributed by atoms with Gasteiger partial charge in [-0.1, -0.05) is 30.8 Å². The maximum absolute atomic E-state index is 13.6. The number of benzene rings is 2. The Morgan fingerprint density at radius 1 is 1.21 bits per heavy atom. The van der Waals surface area contributed by atoms with Crippen LogP contribution in [0.1, 0.15) is 32.6 Å². The lowest BCUT2D eigenvalue weighted by molar-refractivity contribution is -0.153. The van der Waals surface area contributed by atoms with E-state index >= 15 is 0 Å². The number of nitrogens with two attached hydrogens (primary N) is 2. The molecule has 204 valence electrons. The largest absolute Gasteiger partial charge is 0.480 e. The Kier molecular flexibility index (Phi) is 8.48. The van der Waals surface area contributed by atoms with E-state index < -0.39 is 34.0 Å². The lowest BCUT2D eigenvalue weighted by Crippen LogP contribution is -2.56. The fraction of sp³-hybridized carbons (Fsp3) is 0.400. The van der Waals surface area contributed by atoms with Gasteiger partial charge >= 0.3 is 5.97 Å². The molecule has 1 fully saturated rings. The van der Waals surface area contributed by atoms with E-state index in [1.165, 1.54) is 28.8 Å². The van der Waals surface area contributed by atoms with E-state index in [-0.39, 0.29) is 36.3 Å². The van der Waals surface area contributed by atoms with Crippen molar-refractivity contribution in [2.24, 2.45) is 22.4 Å². The number of sulfonamides is 1. The van der Waals surface area contributed by atoms with Gasteiger partial charge in [0.1, 0.15) is 23.6 Å². The van der Waals surface area contributed by atoms with Gasteiger partial charge < -0.3 is 26.2 Å². The van der Waals surface area contributed by atoms with Crippen LogP contribution in [0, 0.1) is 5.92 Å². The molecular formula is C25H31N5O6S2. The van der Waals surface area contributed by atoms with Gasteiger partial charge in [-0.05, 0) is 61.9 Å². The molecule has 4 rings (SSSR count). The predicted octanol–water partition coefficient (Wildman–Crippen LogP) is 2.36. The number of amides is 1. The van der Waals surface area contributed by atoms with Crippen molar-refractivity contribution in [3.05, 3.63) is 42.5 Å². The number of para-hydroxylation sites is 1. The van der Waals surface area contributed by atoms with Crippen molar-refractivity contribution >= 4 is 39.6 Å². The number of nitrogens with zero attached hydrogens (tertiary/aromatic N) is 2. The molecule has 38 heavy (non-hydrogen) atoms. The van der Waals surface area contributed by atoms with Crippen LogP contribution < -0.4 is 20.9 Å². The average molecular weight is 562 g/mol. The van der Waals surface area contributed by atoms with Crippen LogP contribution in [-0.2, 0) is 19.6 Å². The van der Waals surface area contributed by atoms with Crippen molar-refractivity contribution in [2.75, 3.05) is 13.1 Å². The maximum atomic E-state index is 13.6. The summed E-state index contributed by atoms with van der Waals surface area (Å²) in [5, 5.41) is 9.73. The third kappa shape index (κ3) is 6.40. The van der Waals surface area contributed by atoms with Gasteiger partial charge in [-0.2, -0.15) is 4.72 Å². The minimum Gasteiger partial charge on any atom is -0.480 e. The highest BCUT2D eigenvalue weighted by atomic mass is 32.2. The monoisotopic (exact) mass is 561 g/mol. The van der Waals surface area contributed by atoms with Crippen LogP contribution in [0.5, 0.6) is 11.5 Å². The normalized spacial score (nSPS) is 19.4. The Morgan fingerprint density at radius 2 is 1.95 bits per heavy atom. The van der Waals surface area contributed by atoms with Gasteiger partial charge in [0, 0.05) is 13.1 Å². The molecule has 0 saturated carbocycles. The van der Waals surface area contributed by atoms with E-state index in [9.17, 15) is 23.1 Å². The highest BCUT2D eigenvalue weighted by molar-refractivity contribution is 7.99. The third-order valence-corrected chi connectivity index (χ3v) is 9.05. The number of guanidine groups is 1. The fourth-order valence-corrected chi connectivity index (χ4v) is 6.82. The molecule has 0 aliphatic carbocycles. The number of carboxylic acids is 1. The zero-order chi connectivity index (χ0) is 27.4. The molecule has 0 bridgehead atoms. The van der Waals surface area contributed by atoms with Crippen LogP contribution in [0.2, 0.25) is 0 Å². The number of nitrogens with one attached hydrogen (secondary N) is 1. The lowest BCUT2D eigenvalue weighted by Gasteiger charge is -2.38. The summed E-state index contributed by atoms with van der Waals surface area (Å²) < 4.78 is 35.3. The predicted molar refractivity (Wildman–Crippen MR) is 143 cm³/mol. The molecule has 1 saturated heterocycles. The third-order valence-electron chi connectivity index (χ3n) is 6.49. The summed E-state index contributed by atoms with van der Waals surface area (Å²) in [6, 6.07) is 9.73. The van der Waals surface area contributed by atoms with E-state index in [4.69, 9.17) is 16.2 Å². The highest BCUT2D eigenvalue weighted by Gasteiger charge is 2.39. The van der Waals surface area contributed by atoms with E-state index in [2.05, 4.69) is 9.71 Å². The quantitative estimate of drug-likeness (QED) is 0.173. The second-order valence-corrected chi connectivity index (χ2v) is 12.2. The number of rotatable bonds is 9. The van der Waals surface area contributed by atoms with Crippen LogP contribution >= 0.6 is 11.8 Å². The van der Waals surface area contributed by atoms with E-state index in [1.807, 2.05) is 31.2 Å². The summed E-state index contributed by atoms with van der Waals surface area (Å²) in [7, 11) is -4.16. The van der Waals surface area contributed by atoms with Gasteiger partial charge in [0.2, 0.25) is 15.9 Å². The molecule has 0 spiro atoms. The van der Waals surface area contributed by atoms with E-state index in [1.54, 1.807) is 6.07 Å². The van der Waals surface area contributed by atoms with Crippen molar-refractivity contribution in [3.63, 3.8) is 0 Å². The van der Waals surface area contributed by atoms with Gasteiger partial charge in [0.15, 0.2) is 5.96 Å². The molecule has 13 heteroatoms. The summed E-state index contributed by atoms with van der Waals surface area (Å²) >= 11 is 1.39. The van der Waals surface area contributed by atoms with Crippen molar-refractivity contribution in [1.82, 2.24) is 9.62 Å². The molecule has 2 aromatic rings. The van der Waals surface area contributed by atoms with Gasteiger partial charge in [0.25, 0.3) is 0 Å². The van der Waals surface area contributed by atoms with Gasteiger partial charge in [-0.3, -0.25) is 9.79 Å². The number of carbonyl (C=O) groups excluding carboxylic acids is 1. The number of likely N-dealkylation sites (tertiary alicyclic amines) is 1. The van der Waals surface area contributed by atoms with E-state index in [0.29, 0.717) is 35.7 Å². The first-order chi connectivity index (χ1) is 18.0. The topological polar surface area (TPSA) is 177 Å².